The molecule has 0 spiro atoms. The average Bonchev–Trinajstić information content (AvgIpc) is 2.55. The van der Waals surface area contributed by atoms with Crippen LogP contribution in [0.15, 0.2) is 36.4 Å². The topological polar surface area (TPSA) is 30.5 Å². The summed E-state index contributed by atoms with van der Waals surface area (Å²) < 4.78 is 11.0. The molecule has 0 amide bonds. The molecule has 0 aliphatic carbocycles. The van der Waals surface area contributed by atoms with E-state index in [0.717, 1.165) is 18.0 Å². The van der Waals surface area contributed by atoms with Crippen molar-refractivity contribution < 1.29 is 9.47 Å². The lowest BCUT2D eigenvalue weighted by Crippen LogP contribution is -2.42. The molecular formula is C20H25NO2. The number of ether oxygens (including phenoxy) is 2. The number of hydrogen-bond donors (Lipinski definition) is 1. The minimum Gasteiger partial charge on any atom is -0.493 e. The van der Waals surface area contributed by atoms with E-state index >= 15 is 0 Å². The Hall–Kier alpha value is -2.00. The zero-order valence-electron chi connectivity index (χ0n) is 14.6. The molecule has 2 aromatic rings. The van der Waals surface area contributed by atoms with Crippen LogP contribution in [0, 0.1) is 6.92 Å². The van der Waals surface area contributed by atoms with Gasteiger partial charge in [-0.15, -0.1) is 0 Å². The molecule has 1 atom stereocenters. The Morgan fingerprint density at radius 2 is 1.61 bits per heavy atom. The van der Waals surface area contributed by atoms with Gasteiger partial charge in [0, 0.05) is 12.0 Å². The summed E-state index contributed by atoms with van der Waals surface area (Å²) in [6.07, 6.45) is 0. The maximum absolute atomic E-state index is 5.52. The van der Waals surface area contributed by atoms with Crippen LogP contribution in [-0.2, 0) is 5.41 Å². The summed E-state index contributed by atoms with van der Waals surface area (Å²) in [5.41, 5.74) is 5.19. The van der Waals surface area contributed by atoms with Gasteiger partial charge < -0.3 is 14.8 Å². The van der Waals surface area contributed by atoms with E-state index in [-0.39, 0.29) is 11.5 Å². The number of methoxy groups -OCH3 is 2. The fraction of sp³-hybridized carbons (Fsp3) is 0.400. The predicted molar refractivity (Wildman–Crippen MR) is 93.6 cm³/mol. The number of hydrogen-bond acceptors (Lipinski definition) is 3. The third kappa shape index (κ3) is 2.81. The van der Waals surface area contributed by atoms with Crippen LogP contribution in [0.1, 0.15) is 42.1 Å². The van der Waals surface area contributed by atoms with Gasteiger partial charge in [-0.25, -0.2) is 0 Å². The Balaban J connectivity index is 2.15. The van der Waals surface area contributed by atoms with Crippen molar-refractivity contribution in [3.63, 3.8) is 0 Å². The second-order valence-corrected chi connectivity index (χ2v) is 6.90. The first-order valence-corrected chi connectivity index (χ1v) is 8.02. The van der Waals surface area contributed by atoms with Crippen molar-refractivity contribution in [2.24, 2.45) is 0 Å². The SMILES string of the molecule is COc1cc2c(cc1OC)C(C)(C)CNC2c1ccc(C)cc1. The molecular weight excluding hydrogens is 286 g/mol. The minimum atomic E-state index is 0.0517. The standard InChI is InChI=1S/C20H25NO2/c1-13-6-8-14(9-7-13)19-15-10-17(22-4)18(23-5)11-16(15)20(2,3)12-21-19/h6-11,19,21H,12H2,1-5H3. The summed E-state index contributed by atoms with van der Waals surface area (Å²) in [5.74, 6) is 1.58. The quantitative estimate of drug-likeness (QED) is 0.930. The molecule has 1 N–H and O–H groups in total. The van der Waals surface area contributed by atoms with Crippen LogP contribution >= 0.6 is 0 Å². The molecule has 0 fully saturated rings. The average molecular weight is 311 g/mol. The van der Waals surface area contributed by atoms with Gasteiger partial charge in [0.15, 0.2) is 11.5 Å². The van der Waals surface area contributed by atoms with Gasteiger partial charge in [0.25, 0.3) is 0 Å². The monoisotopic (exact) mass is 311 g/mol. The van der Waals surface area contributed by atoms with E-state index in [1.807, 2.05) is 0 Å². The van der Waals surface area contributed by atoms with Crippen LogP contribution in [0.25, 0.3) is 0 Å². The molecule has 2 aromatic carbocycles. The third-order valence-corrected chi connectivity index (χ3v) is 4.75. The lowest BCUT2D eigenvalue weighted by atomic mass is 9.75. The maximum atomic E-state index is 5.52. The van der Waals surface area contributed by atoms with Crippen molar-refractivity contribution in [1.29, 1.82) is 0 Å². The minimum absolute atomic E-state index is 0.0517. The molecule has 3 heteroatoms. The number of rotatable bonds is 3. The molecule has 0 radical (unpaired) electrons. The highest BCUT2D eigenvalue weighted by molar-refractivity contribution is 5.54. The van der Waals surface area contributed by atoms with E-state index in [1.54, 1.807) is 14.2 Å². The van der Waals surface area contributed by atoms with Crippen LogP contribution in [-0.4, -0.2) is 20.8 Å². The van der Waals surface area contributed by atoms with Crippen molar-refractivity contribution in [1.82, 2.24) is 5.32 Å². The second-order valence-electron chi connectivity index (χ2n) is 6.90. The Kier molecular flexibility index (Phi) is 4.07. The Morgan fingerprint density at radius 3 is 2.22 bits per heavy atom. The van der Waals surface area contributed by atoms with Crippen molar-refractivity contribution in [2.45, 2.75) is 32.2 Å². The van der Waals surface area contributed by atoms with E-state index < -0.39 is 0 Å². The summed E-state index contributed by atoms with van der Waals surface area (Å²) in [5, 5.41) is 3.69. The summed E-state index contributed by atoms with van der Waals surface area (Å²) in [6, 6.07) is 13.2. The first-order chi connectivity index (χ1) is 11.0. The largest absolute Gasteiger partial charge is 0.493 e. The van der Waals surface area contributed by atoms with Gasteiger partial charge in [-0.3, -0.25) is 0 Å². The predicted octanol–water partition coefficient (Wildman–Crippen LogP) is 3.98. The van der Waals surface area contributed by atoms with Gasteiger partial charge >= 0.3 is 0 Å². The molecule has 3 nitrogen and oxygen atoms in total. The van der Waals surface area contributed by atoms with Gasteiger partial charge in [-0.1, -0.05) is 43.7 Å². The lowest BCUT2D eigenvalue weighted by Gasteiger charge is -2.38. The summed E-state index contributed by atoms with van der Waals surface area (Å²) in [6.45, 7) is 7.56. The van der Waals surface area contributed by atoms with E-state index in [2.05, 4.69) is 62.5 Å². The molecule has 0 aromatic heterocycles. The van der Waals surface area contributed by atoms with E-state index in [4.69, 9.17) is 9.47 Å². The maximum Gasteiger partial charge on any atom is 0.161 e. The van der Waals surface area contributed by atoms with Crippen LogP contribution in [0.3, 0.4) is 0 Å². The van der Waals surface area contributed by atoms with Crippen molar-refractivity contribution in [3.05, 3.63) is 58.7 Å². The van der Waals surface area contributed by atoms with Gasteiger partial charge in [-0.05, 0) is 35.7 Å². The van der Waals surface area contributed by atoms with Crippen molar-refractivity contribution in [2.75, 3.05) is 20.8 Å². The van der Waals surface area contributed by atoms with Gasteiger partial charge in [0.1, 0.15) is 0 Å². The van der Waals surface area contributed by atoms with E-state index in [9.17, 15) is 0 Å². The highest BCUT2D eigenvalue weighted by atomic mass is 16.5. The third-order valence-electron chi connectivity index (χ3n) is 4.75. The first-order valence-electron chi connectivity index (χ1n) is 8.02. The molecule has 1 heterocycles. The molecule has 1 unspecified atom stereocenters. The smallest absolute Gasteiger partial charge is 0.161 e. The lowest BCUT2D eigenvalue weighted by molar-refractivity contribution is 0.346. The molecule has 1 aliphatic rings. The zero-order valence-corrected chi connectivity index (χ0v) is 14.6. The van der Waals surface area contributed by atoms with Gasteiger partial charge in [0.05, 0.1) is 20.3 Å². The Bertz CT molecular complexity index is 704. The summed E-state index contributed by atoms with van der Waals surface area (Å²) >= 11 is 0. The van der Waals surface area contributed by atoms with Gasteiger partial charge in [-0.2, -0.15) is 0 Å². The van der Waals surface area contributed by atoms with Crippen LogP contribution in [0.4, 0.5) is 0 Å². The normalized spacial score (nSPS) is 19.1. The summed E-state index contributed by atoms with van der Waals surface area (Å²) in [7, 11) is 3.38. The Labute approximate surface area is 138 Å². The van der Waals surface area contributed by atoms with Crippen molar-refractivity contribution >= 4 is 0 Å². The molecule has 0 saturated carbocycles. The highest BCUT2D eigenvalue weighted by Crippen LogP contribution is 2.43. The van der Waals surface area contributed by atoms with Crippen LogP contribution < -0.4 is 14.8 Å². The number of benzene rings is 2. The van der Waals surface area contributed by atoms with Crippen molar-refractivity contribution in [3.8, 4) is 11.5 Å². The molecule has 0 bridgehead atoms. The fourth-order valence-electron chi connectivity index (χ4n) is 3.34. The zero-order chi connectivity index (χ0) is 16.6. The fourth-order valence-corrected chi connectivity index (χ4v) is 3.34. The van der Waals surface area contributed by atoms with E-state index in [0.29, 0.717) is 0 Å². The Morgan fingerprint density at radius 1 is 1.00 bits per heavy atom. The molecule has 23 heavy (non-hydrogen) atoms. The molecule has 122 valence electrons. The molecule has 1 aliphatic heterocycles. The molecule has 3 rings (SSSR count). The number of nitrogens with one attached hydrogen (secondary N) is 1. The van der Waals surface area contributed by atoms with E-state index in [1.165, 1.54) is 22.3 Å². The molecule has 0 saturated heterocycles. The number of aryl methyl sites for hydroxylation is 1. The van der Waals surface area contributed by atoms with Crippen LogP contribution in [0.5, 0.6) is 11.5 Å². The van der Waals surface area contributed by atoms with Crippen LogP contribution in [0.2, 0.25) is 0 Å². The summed E-state index contributed by atoms with van der Waals surface area (Å²) in [4.78, 5) is 0. The van der Waals surface area contributed by atoms with Gasteiger partial charge in [0.2, 0.25) is 0 Å². The number of fused-ring (bicyclic) bond motifs is 1. The second kappa shape index (κ2) is 5.89. The highest BCUT2D eigenvalue weighted by Gasteiger charge is 2.34. The first kappa shape index (κ1) is 15.9.